The van der Waals surface area contributed by atoms with Crippen molar-refractivity contribution in [2.24, 2.45) is 11.3 Å². The molecule has 5 rings (SSSR count). The Morgan fingerprint density at radius 2 is 1.23 bits per heavy atom. The van der Waals surface area contributed by atoms with Gasteiger partial charge in [0.05, 0.1) is 33.7 Å². The van der Waals surface area contributed by atoms with Gasteiger partial charge in [-0.3, -0.25) is 9.59 Å². The van der Waals surface area contributed by atoms with Gasteiger partial charge in [-0.1, -0.05) is 43.3 Å². The van der Waals surface area contributed by atoms with Crippen molar-refractivity contribution < 1.29 is 53.1 Å². The Kier molecular flexibility index (Phi) is 7.89. The van der Waals surface area contributed by atoms with Gasteiger partial charge < -0.3 is 33.9 Å². The summed E-state index contributed by atoms with van der Waals surface area (Å²) in [7, 11) is 0. The molecule has 2 bridgehead atoms. The molecule has 3 fully saturated rings. The summed E-state index contributed by atoms with van der Waals surface area (Å²) in [5.74, 6) is -3.95. The lowest BCUT2D eigenvalue weighted by Crippen LogP contribution is -2.83. The van der Waals surface area contributed by atoms with Crippen LogP contribution in [0.2, 0.25) is 0 Å². The van der Waals surface area contributed by atoms with E-state index in [2.05, 4.69) is 0 Å². The number of fused-ring (bicyclic) bond motifs is 1. The van der Waals surface area contributed by atoms with E-state index in [1.54, 1.807) is 74.5 Å². The average Bonchev–Trinajstić information content (AvgIpc) is 3.17. The van der Waals surface area contributed by atoms with Gasteiger partial charge in [-0.25, -0.2) is 9.59 Å². The summed E-state index contributed by atoms with van der Waals surface area (Å²) < 4.78 is 30.5. The van der Waals surface area contributed by atoms with Gasteiger partial charge in [0.15, 0.2) is 6.10 Å². The third kappa shape index (κ3) is 4.78. The molecular formula is C33H38O11. The number of carbonyl (C=O) groups is 4. The summed E-state index contributed by atoms with van der Waals surface area (Å²) in [5.41, 5.74) is -6.65. The number of aliphatic hydroxyl groups excluding tert-OH is 1. The van der Waals surface area contributed by atoms with E-state index in [4.69, 9.17) is 23.7 Å². The molecule has 2 aromatic rings. The first-order valence-corrected chi connectivity index (χ1v) is 14.5. The number of rotatable bonds is 6. The quantitative estimate of drug-likeness (QED) is 0.366. The lowest BCUT2D eigenvalue weighted by molar-refractivity contribution is -0.349. The summed E-state index contributed by atoms with van der Waals surface area (Å²) in [6.07, 6.45) is -7.35. The number of esters is 4. The maximum absolute atomic E-state index is 13.6. The monoisotopic (exact) mass is 610 g/mol. The Bertz CT molecular complexity index is 1440. The van der Waals surface area contributed by atoms with Gasteiger partial charge in [0.1, 0.15) is 30.0 Å². The zero-order chi connectivity index (χ0) is 32.2. The summed E-state index contributed by atoms with van der Waals surface area (Å²) in [6.45, 7) is 8.67. The Morgan fingerprint density at radius 3 is 1.70 bits per heavy atom. The fourth-order valence-electron chi connectivity index (χ4n) is 7.82. The minimum absolute atomic E-state index is 0.186. The molecule has 1 spiro atoms. The number of hydrogen-bond donors (Lipinski definition) is 2. The second kappa shape index (κ2) is 11.0. The first kappa shape index (κ1) is 31.6. The highest BCUT2D eigenvalue weighted by Gasteiger charge is 2.86. The highest BCUT2D eigenvalue weighted by atomic mass is 16.6. The lowest BCUT2D eigenvalue weighted by atomic mass is 9.46. The van der Waals surface area contributed by atoms with E-state index >= 15 is 0 Å². The van der Waals surface area contributed by atoms with Crippen molar-refractivity contribution in [2.75, 3.05) is 0 Å². The molecule has 11 heteroatoms. The molecule has 1 aliphatic heterocycles. The first-order chi connectivity index (χ1) is 20.6. The van der Waals surface area contributed by atoms with Crippen LogP contribution in [0.4, 0.5) is 0 Å². The predicted octanol–water partition coefficient (Wildman–Crippen LogP) is 3.00. The molecule has 0 radical (unpaired) electrons. The minimum atomic E-state index is -1.95. The molecule has 9 atom stereocenters. The molecule has 3 aliphatic rings. The molecule has 44 heavy (non-hydrogen) atoms. The van der Waals surface area contributed by atoms with Crippen LogP contribution in [0.15, 0.2) is 60.7 Å². The second-order valence-electron chi connectivity index (χ2n) is 12.8. The van der Waals surface area contributed by atoms with E-state index in [1.165, 1.54) is 27.7 Å². The summed E-state index contributed by atoms with van der Waals surface area (Å²) in [5, 5.41) is 24.5. The van der Waals surface area contributed by atoms with Crippen molar-refractivity contribution in [3.05, 3.63) is 71.8 Å². The molecule has 0 unspecified atom stereocenters. The number of ether oxygens (including phenoxy) is 5. The highest BCUT2D eigenvalue weighted by molar-refractivity contribution is 5.90. The predicted molar refractivity (Wildman–Crippen MR) is 153 cm³/mol. The Morgan fingerprint density at radius 1 is 0.750 bits per heavy atom. The third-order valence-corrected chi connectivity index (χ3v) is 9.47. The van der Waals surface area contributed by atoms with Crippen LogP contribution in [0.25, 0.3) is 0 Å². The van der Waals surface area contributed by atoms with Gasteiger partial charge in [-0.2, -0.15) is 0 Å². The van der Waals surface area contributed by atoms with Crippen molar-refractivity contribution in [2.45, 2.75) is 95.3 Å². The van der Waals surface area contributed by atoms with Crippen molar-refractivity contribution in [1.82, 2.24) is 0 Å². The average molecular weight is 611 g/mol. The zero-order valence-electron chi connectivity index (χ0n) is 25.5. The molecule has 2 aromatic carbocycles. The fourth-order valence-corrected chi connectivity index (χ4v) is 7.82. The first-order valence-electron chi connectivity index (χ1n) is 14.5. The molecule has 2 saturated carbocycles. The molecule has 2 N–H and O–H groups in total. The minimum Gasteiger partial charge on any atom is -0.460 e. The highest BCUT2D eigenvalue weighted by Crippen LogP contribution is 2.69. The Hall–Kier alpha value is -3.80. The molecule has 11 nitrogen and oxygen atoms in total. The topological polar surface area (TPSA) is 155 Å². The van der Waals surface area contributed by atoms with Gasteiger partial charge in [-0.05, 0) is 45.0 Å². The van der Waals surface area contributed by atoms with Crippen LogP contribution in [0.3, 0.4) is 0 Å². The molecule has 0 amide bonds. The maximum atomic E-state index is 13.6. The van der Waals surface area contributed by atoms with Crippen LogP contribution in [-0.2, 0) is 33.3 Å². The van der Waals surface area contributed by atoms with Gasteiger partial charge in [0, 0.05) is 20.3 Å². The van der Waals surface area contributed by atoms with Crippen LogP contribution >= 0.6 is 0 Å². The van der Waals surface area contributed by atoms with Crippen molar-refractivity contribution in [3.63, 3.8) is 0 Å². The molecule has 236 valence electrons. The SMILES string of the molecule is CC(=O)O[C@H]1[C@@H]2[C@@H](OC(=O)c3ccccc3)[C@@]3(OC2(C)C)[C@@](C)([C@@H](O)[C@@H](OC(C)=O)C[C@]3(C)O)[C@H]1OC(=O)c1ccccc1. The van der Waals surface area contributed by atoms with Crippen molar-refractivity contribution in [1.29, 1.82) is 0 Å². The summed E-state index contributed by atoms with van der Waals surface area (Å²) in [6, 6.07) is 16.3. The number of aliphatic hydroxyl groups is 2. The second-order valence-corrected chi connectivity index (χ2v) is 12.8. The standard InChI is InChI=1S/C33H38O11/c1-18(34)40-22-17-31(5,39)33-26(42-28(37)20-13-9-7-10-14-20)23(30(3,4)44-33)24(41-19(2)35)27(32(33,6)25(22)36)43-29(38)21-15-11-8-12-16-21/h7-16,22-27,36,39H,17H2,1-6H3/t22-,23+,24-,25-,26+,27-,31-,32-,33-/m0/s1. The van der Waals surface area contributed by atoms with Gasteiger partial charge in [0.25, 0.3) is 0 Å². The fraction of sp³-hybridized carbons (Fsp3) is 0.515. The summed E-state index contributed by atoms with van der Waals surface area (Å²) in [4.78, 5) is 52.0. The Balaban J connectivity index is 1.75. The van der Waals surface area contributed by atoms with E-state index in [0.717, 1.165) is 0 Å². The van der Waals surface area contributed by atoms with E-state index in [-0.39, 0.29) is 17.5 Å². The molecule has 0 aromatic heterocycles. The third-order valence-electron chi connectivity index (χ3n) is 9.47. The zero-order valence-corrected chi connectivity index (χ0v) is 25.5. The van der Waals surface area contributed by atoms with Crippen LogP contribution in [0.1, 0.15) is 68.7 Å². The van der Waals surface area contributed by atoms with Gasteiger partial charge in [0.2, 0.25) is 0 Å². The van der Waals surface area contributed by atoms with Crippen LogP contribution in [-0.4, -0.2) is 81.4 Å². The van der Waals surface area contributed by atoms with E-state index in [0.29, 0.717) is 0 Å². The molecule has 2 aliphatic carbocycles. The molecule has 1 saturated heterocycles. The maximum Gasteiger partial charge on any atom is 0.338 e. The largest absolute Gasteiger partial charge is 0.460 e. The lowest BCUT2D eigenvalue weighted by Gasteiger charge is -2.65. The van der Waals surface area contributed by atoms with Crippen LogP contribution in [0, 0.1) is 11.3 Å². The normalized spacial score (nSPS) is 36.8. The van der Waals surface area contributed by atoms with E-state index < -0.39 is 82.5 Å². The van der Waals surface area contributed by atoms with Crippen molar-refractivity contribution in [3.8, 4) is 0 Å². The van der Waals surface area contributed by atoms with Gasteiger partial charge >= 0.3 is 23.9 Å². The van der Waals surface area contributed by atoms with E-state index in [9.17, 15) is 29.4 Å². The molecule has 1 heterocycles. The van der Waals surface area contributed by atoms with E-state index in [1.807, 2.05) is 0 Å². The van der Waals surface area contributed by atoms with Crippen molar-refractivity contribution >= 4 is 23.9 Å². The smallest absolute Gasteiger partial charge is 0.338 e. The number of hydrogen-bond acceptors (Lipinski definition) is 11. The number of carbonyl (C=O) groups excluding carboxylic acids is 4. The van der Waals surface area contributed by atoms with Gasteiger partial charge in [-0.15, -0.1) is 0 Å². The van der Waals surface area contributed by atoms with Crippen LogP contribution < -0.4 is 0 Å². The Labute approximate surface area is 255 Å². The van der Waals surface area contributed by atoms with Crippen LogP contribution in [0.5, 0.6) is 0 Å². The molecular weight excluding hydrogens is 572 g/mol. The number of benzene rings is 2. The summed E-state index contributed by atoms with van der Waals surface area (Å²) >= 11 is 0.